The third-order valence-electron chi connectivity index (χ3n) is 3.75. The van der Waals surface area contributed by atoms with Gasteiger partial charge in [0.2, 0.25) is 0 Å². The van der Waals surface area contributed by atoms with Crippen molar-refractivity contribution in [1.29, 1.82) is 0 Å². The summed E-state index contributed by atoms with van der Waals surface area (Å²) in [6.07, 6.45) is 5.89. The second kappa shape index (κ2) is 7.74. The van der Waals surface area contributed by atoms with Gasteiger partial charge in [0.05, 0.1) is 7.11 Å². The third kappa shape index (κ3) is 4.41. The van der Waals surface area contributed by atoms with Crippen molar-refractivity contribution in [2.24, 2.45) is 0 Å². The Balaban J connectivity index is 1.75. The first-order valence-electron chi connectivity index (χ1n) is 7.52. The smallest absolute Gasteiger partial charge is 0.119 e. The van der Waals surface area contributed by atoms with E-state index >= 15 is 0 Å². The van der Waals surface area contributed by atoms with Crippen LogP contribution < -0.4 is 4.74 Å². The van der Waals surface area contributed by atoms with Crippen LogP contribution in [0, 0.1) is 0 Å². The van der Waals surface area contributed by atoms with Crippen LogP contribution >= 0.6 is 0 Å². The Bertz CT molecular complexity index is 514. The van der Waals surface area contributed by atoms with Crippen LogP contribution in [-0.2, 0) is 19.3 Å². The van der Waals surface area contributed by atoms with E-state index in [1.165, 1.54) is 36.0 Å². The van der Waals surface area contributed by atoms with E-state index in [1.807, 2.05) is 6.07 Å². The number of unbranched alkanes of at least 4 members (excludes halogenated alkanes) is 1. The first-order valence-corrected chi connectivity index (χ1v) is 7.52. The normalized spacial score (nSPS) is 10.5. The molecule has 0 amide bonds. The van der Waals surface area contributed by atoms with Gasteiger partial charge in [-0.15, -0.1) is 0 Å². The molecule has 0 bridgehead atoms. The molecule has 0 N–H and O–H groups in total. The van der Waals surface area contributed by atoms with Gasteiger partial charge >= 0.3 is 0 Å². The highest BCUT2D eigenvalue weighted by molar-refractivity contribution is 5.28. The standard InChI is InChI=1S/C19H24O/c1-3-16-11-13-17(14-12-16)7-4-5-8-18-9-6-10-19(15-18)20-2/h6,9-15H,3-5,7-8H2,1-2H3. The summed E-state index contributed by atoms with van der Waals surface area (Å²) < 4.78 is 5.25. The van der Waals surface area contributed by atoms with Gasteiger partial charge in [-0.1, -0.05) is 43.3 Å². The predicted octanol–water partition coefficient (Wildman–Crippen LogP) is 4.82. The molecule has 0 fully saturated rings. The summed E-state index contributed by atoms with van der Waals surface area (Å²) in [6, 6.07) is 17.4. The highest BCUT2D eigenvalue weighted by atomic mass is 16.5. The molecule has 106 valence electrons. The van der Waals surface area contributed by atoms with Crippen molar-refractivity contribution in [3.05, 3.63) is 65.2 Å². The van der Waals surface area contributed by atoms with Gasteiger partial charge in [-0.25, -0.2) is 0 Å². The van der Waals surface area contributed by atoms with E-state index in [4.69, 9.17) is 4.74 Å². The summed E-state index contributed by atoms with van der Waals surface area (Å²) in [7, 11) is 1.72. The molecule has 0 aliphatic heterocycles. The molecule has 0 aliphatic carbocycles. The van der Waals surface area contributed by atoms with Crippen LogP contribution in [0.5, 0.6) is 5.75 Å². The number of ether oxygens (including phenoxy) is 1. The number of benzene rings is 2. The van der Waals surface area contributed by atoms with E-state index in [2.05, 4.69) is 49.4 Å². The maximum Gasteiger partial charge on any atom is 0.119 e. The summed E-state index contributed by atoms with van der Waals surface area (Å²) in [6.45, 7) is 2.20. The van der Waals surface area contributed by atoms with Gasteiger partial charge in [0.25, 0.3) is 0 Å². The van der Waals surface area contributed by atoms with E-state index in [1.54, 1.807) is 7.11 Å². The lowest BCUT2D eigenvalue weighted by molar-refractivity contribution is 0.414. The number of methoxy groups -OCH3 is 1. The van der Waals surface area contributed by atoms with Gasteiger partial charge in [0.1, 0.15) is 5.75 Å². The highest BCUT2D eigenvalue weighted by Crippen LogP contribution is 2.15. The molecule has 20 heavy (non-hydrogen) atoms. The molecule has 0 spiro atoms. The predicted molar refractivity (Wildman–Crippen MR) is 85.5 cm³/mol. The number of aryl methyl sites for hydroxylation is 3. The third-order valence-corrected chi connectivity index (χ3v) is 3.75. The van der Waals surface area contributed by atoms with Gasteiger partial charge in [-0.05, 0) is 60.9 Å². The minimum Gasteiger partial charge on any atom is -0.497 e. The Hall–Kier alpha value is -1.76. The average Bonchev–Trinajstić information content (AvgIpc) is 2.52. The van der Waals surface area contributed by atoms with Gasteiger partial charge in [-0.2, -0.15) is 0 Å². The second-order valence-corrected chi connectivity index (χ2v) is 5.23. The summed E-state index contributed by atoms with van der Waals surface area (Å²) in [5.41, 5.74) is 4.24. The zero-order valence-electron chi connectivity index (χ0n) is 12.6. The molecule has 1 heteroatoms. The fraction of sp³-hybridized carbons (Fsp3) is 0.368. The van der Waals surface area contributed by atoms with Gasteiger partial charge in [0.15, 0.2) is 0 Å². The van der Waals surface area contributed by atoms with Crippen molar-refractivity contribution < 1.29 is 4.74 Å². The van der Waals surface area contributed by atoms with Crippen molar-refractivity contribution in [2.45, 2.75) is 39.0 Å². The molecular weight excluding hydrogens is 244 g/mol. The van der Waals surface area contributed by atoms with Crippen LogP contribution in [0.3, 0.4) is 0 Å². The van der Waals surface area contributed by atoms with E-state index in [9.17, 15) is 0 Å². The van der Waals surface area contributed by atoms with Gasteiger partial charge < -0.3 is 4.74 Å². The van der Waals surface area contributed by atoms with Crippen molar-refractivity contribution in [3.8, 4) is 5.75 Å². The largest absolute Gasteiger partial charge is 0.497 e. The molecule has 0 aliphatic rings. The second-order valence-electron chi connectivity index (χ2n) is 5.23. The van der Waals surface area contributed by atoms with Crippen LogP contribution in [-0.4, -0.2) is 7.11 Å². The molecular formula is C19H24O. The zero-order chi connectivity index (χ0) is 14.2. The molecule has 0 heterocycles. The molecule has 0 atom stereocenters. The fourth-order valence-corrected chi connectivity index (χ4v) is 2.43. The molecule has 2 rings (SSSR count). The van der Waals surface area contributed by atoms with Crippen LogP contribution in [0.4, 0.5) is 0 Å². The number of hydrogen-bond donors (Lipinski definition) is 0. The Morgan fingerprint density at radius 3 is 2.10 bits per heavy atom. The lowest BCUT2D eigenvalue weighted by atomic mass is 10.0. The molecule has 0 unspecified atom stereocenters. The average molecular weight is 268 g/mol. The van der Waals surface area contributed by atoms with Crippen molar-refractivity contribution in [3.63, 3.8) is 0 Å². The molecule has 0 aromatic heterocycles. The van der Waals surface area contributed by atoms with E-state index < -0.39 is 0 Å². The van der Waals surface area contributed by atoms with Crippen molar-refractivity contribution in [2.75, 3.05) is 7.11 Å². The molecule has 0 saturated heterocycles. The van der Waals surface area contributed by atoms with Crippen molar-refractivity contribution >= 4 is 0 Å². The Morgan fingerprint density at radius 1 is 0.800 bits per heavy atom. The first-order chi connectivity index (χ1) is 9.81. The van der Waals surface area contributed by atoms with Crippen LogP contribution in [0.2, 0.25) is 0 Å². The van der Waals surface area contributed by atoms with Crippen molar-refractivity contribution in [1.82, 2.24) is 0 Å². The van der Waals surface area contributed by atoms with Gasteiger partial charge in [-0.3, -0.25) is 0 Å². The monoisotopic (exact) mass is 268 g/mol. The fourth-order valence-electron chi connectivity index (χ4n) is 2.43. The Labute approximate surface area is 122 Å². The molecule has 1 nitrogen and oxygen atoms in total. The van der Waals surface area contributed by atoms with Crippen LogP contribution in [0.15, 0.2) is 48.5 Å². The lowest BCUT2D eigenvalue weighted by Crippen LogP contribution is -1.91. The maximum absolute atomic E-state index is 5.25. The molecule has 0 radical (unpaired) electrons. The molecule has 0 saturated carbocycles. The summed E-state index contributed by atoms with van der Waals surface area (Å²) in [4.78, 5) is 0. The number of hydrogen-bond acceptors (Lipinski definition) is 1. The Morgan fingerprint density at radius 2 is 1.45 bits per heavy atom. The van der Waals surface area contributed by atoms with E-state index in [0.717, 1.165) is 18.6 Å². The highest BCUT2D eigenvalue weighted by Gasteiger charge is 1.98. The minimum atomic E-state index is 0.956. The lowest BCUT2D eigenvalue weighted by Gasteiger charge is -2.05. The van der Waals surface area contributed by atoms with Crippen LogP contribution in [0.1, 0.15) is 36.5 Å². The number of rotatable bonds is 7. The summed E-state index contributed by atoms with van der Waals surface area (Å²) >= 11 is 0. The summed E-state index contributed by atoms with van der Waals surface area (Å²) in [5, 5.41) is 0. The summed E-state index contributed by atoms with van der Waals surface area (Å²) in [5.74, 6) is 0.956. The minimum absolute atomic E-state index is 0.956. The first kappa shape index (κ1) is 14.6. The maximum atomic E-state index is 5.25. The van der Waals surface area contributed by atoms with E-state index in [-0.39, 0.29) is 0 Å². The molecule has 2 aromatic rings. The van der Waals surface area contributed by atoms with E-state index in [0.29, 0.717) is 0 Å². The zero-order valence-corrected chi connectivity index (χ0v) is 12.6. The molecule has 2 aromatic carbocycles. The SMILES string of the molecule is CCc1ccc(CCCCc2cccc(OC)c2)cc1. The van der Waals surface area contributed by atoms with Crippen LogP contribution in [0.25, 0.3) is 0 Å². The topological polar surface area (TPSA) is 9.23 Å². The van der Waals surface area contributed by atoms with Gasteiger partial charge in [0, 0.05) is 0 Å². The quantitative estimate of drug-likeness (QED) is 0.654. The Kier molecular flexibility index (Phi) is 5.67.